The fourth-order valence-corrected chi connectivity index (χ4v) is 3.18. The third kappa shape index (κ3) is 4.50. The van der Waals surface area contributed by atoms with E-state index in [4.69, 9.17) is 0 Å². The predicted molar refractivity (Wildman–Crippen MR) is 97.1 cm³/mol. The van der Waals surface area contributed by atoms with Gasteiger partial charge in [0.1, 0.15) is 0 Å². The number of carbonyl (C=O) groups is 2. The molecule has 1 aromatic carbocycles. The lowest BCUT2D eigenvalue weighted by Gasteiger charge is -2.13. The molecule has 1 aromatic heterocycles. The second kappa shape index (κ2) is 8.19. The van der Waals surface area contributed by atoms with Crippen molar-refractivity contribution in [3.63, 3.8) is 0 Å². The molecule has 130 valence electrons. The smallest absolute Gasteiger partial charge is 0.321 e. The molecule has 3 amide bonds. The molecule has 1 atom stereocenters. The Hall–Kier alpha value is -2.02. The van der Waals surface area contributed by atoms with E-state index in [1.165, 1.54) is 18.8 Å². The maximum Gasteiger partial charge on any atom is 0.321 e. The summed E-state index contributed by atoms with van der Waals surface area (Å²) in [7, 11) is 1.48. The first-order chi connectivity index (χ1) is 11.4. The average molecular weight is 348 g/mol. The van der Waals surface area contributed by atoms with Crippen LogP contribution < -0.4 is 10.6 Å². The van der Waals surface area contributed by atoms with Gasteiger partial charge in [0.15, 0.2) is 5.16 Å². The number of hydrogen-bond acceptors (Lipinski definition) is 4. The van der Waals surface area contributed by atoms with Crippen molar-refractivity contribution in [2.45, 2.75) is 44.1 Å². The normalized spacial score (nSPS) is 12.4. The molecule has 0 saturated heterocycles. The van der Waals surface area contributed by atoms with Crippen LogP contribution in [0.3, 0.4) is 0 Å². The highest BCUT2D eigenvalue weighted by Gasteiger charge is 2.20. The van der Waals surface area contributed by atoms with Crippen LogP contribution in [0, 0.1) is 5.92 Å². The fourth-order valence-electron chi connectivity index (χ4n) is 2.23. The number of benzene rings is 1. The van der Waals surface area contributed by atoms with Gasteiger partial charge >= 0.3 is 6.03 Å². The second-order valence-corrected chi connectivity index (χ2v) is 7.35. The summed E-state index contributed by atoms with van der Waals surface area (Å²) in [6.45, 7) is 7.00. The zero-order valence-corrected chi connectivity index (χ0v) is 15.3. The first kappa shape index (κ1) is 18.3. The molecule has 0 aliphatic rings. The topological polar surface area (TPSA) is 76.0 Å². The average Bonchev–Trinajstić information content (AvgIpc) is 2.89. The molecule has 1 heterocycles. The number of rotatable bonds is 6. The summed E-state index contributed by atoms with van der Waals surface area (Å²) in [6, 6.07) is 7.47. The minimum atomic E-state index is -0.499. The molecule has 24 heavy (non-hydrogen) atoms. The maximum atomic E-state index is 12.1. The van der Waals surface area contributed by atoms with Crippen molar-refractivity contribution in [1.29, 1.82) is 0 Å². The number of imidazole rings is 1. The number of nitrogens with zero attached hydrogens (tertiary/aromatic N) is 2. The number of thioether (sulfide) groups is 1. The summed E-state index contributed by atoms with van der Waals surface area (Å²) < 4.78 is 2.16. The Morgan fingerprint density at radius 1 is 1.25 bits per heavy atom. The highest BCUT2D eigenvalue weighted by molar-refractivity contribution is 8.00. The number of carbonyl (C=O) groups excluding carboxylic acids is 2. The SMILES string of the molecule is CNC(=O)NC(=O)C(C)Sc1nc2ccccc2n1CCC(C)C. The molecule has 2 rings (SSSR count). The number of hydrogen-bond donors (Lipinski definition) is 2. The van der Waals surface area contributed by atoms with Crippen LogP contribution in [0.2, 0.25) is 0 Å². The number of amides is 3. The van der Waals surface area contributed by atoms with E-state index in [1.807, 2.05) is 24.3 Å². The van der Waals surface area contributed by atoms with Crippen LogP contribution >= 0.6 is 11.8 Å². The zero-order valence-electron chi connectivity index (χ0n) is 14.5. The largest absolute Gasteiger partial charge is 0.341 e. The first-order valence-corrected chi connectivity index (χ1v) is 8.94. The van der Waals surface area contributed by atoms with Gasteiger partial charge in [-0.05, 0) is 31.4 Å². The lowest BCUT2D eigenvalue weighted by atomic mass is 10.1. The Morgan fingerprint density at radius 2 is 1.96 bits per heavy atom. The van der Waals surface area contributed by atoms with E-state index in [1.54, 1.807) is 6.92 Å². The summed E-state index contributed by atoms with van der Waals surface area (Å²) in [5, 5.41) is 5.07. The number of aromatic nitrogens is 2. The van der Waals surface area contributed by atoms with Crippen LogP contribution in [-0.2, 0) is 11.3 Å². The lowest BCUT2D eigenvalue weighted by molar-refractivity contribution is -0.119. The van der Waals surface area contributed by atoms with Crippen molar-refractivity contribution in [3.05, 3.63) is 24.3 Å². The van der Waals surface area contributed by atoms with Gasteiger partial charge in [0.2, 0.25) is 5.91 Å². The van der Waals surface area contributed by atoms with Gasteiger partial charge in [-0.15, -0.1) is 0 Å². The number of aryl methyl sites for hydroxylation is 1. The Labute approximate surface area is 146 Å². The van der Waals surface area contributed by atoms with E-state index >= 15 is 0 Å². The maximum absolute atomic E-state index is 12.1. The van der Waals surface area contributed by atoms with Crippen LogP contribution in [0.1, 0.15) is 27.2 Å². The molecule has 0 aliphatic carbocycles. The Bertz CT molecular complexity index is 726. The standard InChI is InChI=1S/C17H24N4O2S/c1-11(2)9-10-21-14-8-6-5-7-13(14)19-17(21)24-12(3)15(22)20-16(23)18-4/h5-8,11-12H,9-10H2,1-4H3,(H2,18,20,22,23). The minimum absolute atomic E-state index is 0.332. The lowest BCUT2D eigenvalue weighted by Crippen LogP contribution is -2.41. The summed E-state index contributed by atoms with van der Waals surface area (Å²) >= 11 is 1.37. The number of urea groups is 1. The van der Waals surface area contributed by atoms with Crippen LogP contribution in [-0.4, -0.2) is 33.8 Å². The highest BCUT2D eigenvalue weighted by Crippen LogP contribution is 2.28. The fraction of sp³-hybridized carbons (Fsp3) is 0.471. The quantitative estimate of drug-likeness (QED) is 0.787. The number of para-hydroxylation sites is 2. The van der Waals surface area contributed by atoms with Crippen LogP contribution in [0.5, 0.6) is 0 Å². The number of fused-ring (bicyclic) bond motifs is 1. The van der Waals surface area contributed by atoms with Gasteiger partial charge in [-0.2, -0.15) is 0 Å². The molecule has 0 saturated carbocycles. The molecule has 0 spiro atoms. The predicted octanol–water partition coefficient (Wildman–Crippen LogP) is 3.02. The van der Waals surface area contributed by atoms with E-state index in [0.29, 0.717) is 5.92 Å². The van der Waals surface area contributed by atoms with Crippen molar-refractivity contribution in [2.75, 3.05) is 7.05 Å². The van der Waals surface area contributed by atoms with Crippen molar-refractivity contribution >= 4 is 34.7 Å². The van der Waals surface area contributed by atoms with Crippen molar-refractivity contribution in [3.8, 4) is 0 Å². The van der Waals surface area contributed by atoms with Gasteiger partial charge in [0, 0.05) is 13.6 Å². The Balaban J connectivity index is 2.22. The van der Waals surface area contributed by atoms with Crippen molar-refractivity contribution in [1.82, 2.24) is 20.2 Å². The summed E-state index contributed by atoms with van der Waals surface area (Å²) in [5.41, 5.74) is 1.99. The first-order valence-electron chi connectivity index (χ1n) is 8.07. The van der Waals surface area contributed by atoms with Crippen molar-refractivity contribution in [2.24, 2.45) is 5.92 Å². The molecule has 1 unspecified atom stereocenters. The van der Waals surface area contributed by atoms with E-state index in [-0.39, 0.29) is 5.91 Å². The molecule has 7 heteroatoms. The summed E-state index contributed by atoms with van der Waals surface area (Å²) in [6.07, 6.45) is 1.03. The third-order valence-corrected chi connectivity index (χ3v) is 4.75. The Kier molecular flexibility index (Phi) is 6.25. The molecule has 0 bridgehead atoms. The monoisotopic (exact) mass is 348 g/mol. The van der Waals surface area contributed by atoms with E-state index in [2.05, 4.69) is 34.0 Å². The number of imide groups is 1. The summed E-state index contributed by atoms with van der Waals surface area (Å²) in [5.74, 6) is 0.250. The molecular formula is C17H24N4O2S. The Morgan fingerprint density at radius 3 is 2.62 bits per heavy atom. The van der Waals surface area contributed by atoms with E-state index in [9.17, 15) is 9.59 Å². The molecule has 0 aliphatic heterocycles. The van der Waals surface area contributed by atoms with E-state index < -0.39 is 11.3 Å². The molecular weight excluding hydrogens is 324 g/mol. The summed E-state index contributed by atoms with van der Waals surface area (Å²) in [4.78, 5) is 28.0. The van der Waals surface area contributed by atoms with Gasteiger partial charge in [0.25, 0.3) is 0 Å². The highest BCUT2D eigenvalue weighted by atomic mass is 32.2. The van der Waals surface area contributed by atoms with Gasteiger partial charge in [-0.1, -0.05) is 37.7 Å². The van der Waals surface area contributed by atoms with Crippen molar-refractivity contribution < 1.29 is 9.59 Å². The zero-order chi connectivity index (χ0) is 17.7. The molecule has 6 nitrogen and oxygen atoms in total. The molecule has 0 fully saturated rings. The van der Waals surface area contributed by atoms with E-state index in [0.717, 1.165) is 29.2 Å². The van der Waals surface area contributed by atoms with Crippen LogP contribution in [0.4, 0.5) is 4.79 Å². The van der Waals surface area contributed by atoms with Gasteiger partial charge in [-0.3, -0.25) is 10.1 Å². The molecule has 2 N–H and O–H groups in total. The number of nitrogens with one attached hydrogen (secondary N) is 2. The van der Waals surface area contributed by atoms with Gasteiger partial charge < -0.3 is 9.88 Å². The molecule has 2 aromatic rings. The third-order valence-electron chi connectivity index (χ3n) is 3.66. The second-order valence-electron chi connectivity index (χ2n) is 6.05. The van der Waals surface area contributed by atoms with Gasteiger partial charge in [-0.25, -0.2) is 9.78 Å². The van der Waals surface area contributed by atoms with Crippen LogP contribution in [0.15, 0.2) is 29.4 Å². The van der Waals surface area contributed by atoms with Crippen LogP contribution in [0.25, 0.3) is 11.0 Å². The minimum Gasteiger partial charge on any atom is -0.341 e. The molecule has 0 radical (unpaired) electrons. The van der Waals surface area contributed by atoms with Gasteiger partial charge in [0.05, 0.1) is 16.3 Å².